The molecule has 1 aliphatic rings. The van der Waals surface area contributed by atoms with Crippen molar-refractivity contribution in [1.29, 1.82) is 0 Å². The van der Waals surface area contributed by atoms with Gasteiger partial charge in [0.2, 0.25) is 5.91 Å². The molecule has 1 aromatic carbocycles. The minimum atomic E-state index is -0.0524. The summed E-state index contributed by atoms with van der Waals surface area (Å²) in [6.07, 6.45) is 1.18. The van der Waals surface area contributed by atoms with E-state index in [1.54, 1.807) is 6.07 Å². The molecule has 0 bridgehead atoms. The van der Waals surface area contributed by atoms with Gasteiger partial charge in [-0.25, -0.2) is 0 Å². The van der Waals surface area contributed by atoms with Gasteiger partial charge in [0.15, 0.2) is 0 Å². The number of rotatable bonds is 4. The van der Waals surface area contributed by atoms with Crippen molar-refractivity contribution >= 4 is 17.5 Å². The lowest BCUT2D eigenvalue weighted by Gasteiger charge is -2.29. The molecule has 0 aliphatic carbocycles. The second-order valence-corrected chi connectivity index (χ2v) is 6.75. The van der Waals surface area contributed by atoms with Gasteiger partial charge in [0.05, 0.1) is 0 Å². The number of anilines is 1. The molecular formula is C17H24N2O2. The van der Waals surface area contributed by atoms with Crippen LogP contribution in [0.5, 0.6) is 0 Å². The summed E-state index contributed by atoms with van der Waals surface area (Å²) < 4.78 is 0. The smallest absolute Gasteiger partial charge is 0.251 e. The molecule has 0 saturated carbocycles. The van der Waals surface area contributed by atoms with Gasteiger partial charge in [0.25, 0.3) is 5.91 Å². The Hall–Kier alpha value is -1.84. The first-order valence-electron chi connectivity index (χ1n) is 7.50. The van der Waals surface area contributed by atoms with Gasteiger partial charge in [0.1, 0.15) is 0 Å². The number of nitrogens with one attached hydrogen (secondary N) is 2. The third kappa shape index (κ3) is 3.63. The summed E-state index contributed by atoms with van der Waals surface area (Å²) in [6, 6.07) is 5.46. The molecule has 21 heavy (non-hydrogen) atoms. The molecule has 1 heterocycles. The normalized spacial score (nSPS) is 14.6. The standard InChI is InChI=1S/C17H24N2O2/c1-11(2)17(3,4)10-18-16(21)13-5-7-14-12(9-13)6-8-15(20)19-14/h5,7,9,11H,6,8,10H2,1-4H3,(H,18,21)(H,19,20). The maximum atomic E-state index is 12.3. The average Bonchev–Trinajstić information content (AvgIpc) is 2.44. The van der Waals surface area contributed by atoms with Crippen LogP contribution >= 0.6 is 0 Å². The third-order valence-electron chi connectivity index (χ3n) is 4.53. The topological polar surface area (TPSA) is 58.2 Å². The van der Waals surface area contributed by atoms with Crippen LogP contribution in [0.25, 0.3) is 0 Å². The molecule has 4 heteroatoms. The van der Waals surface area contributed by atoms with Crippen LogP contribution in [0.1, 0.15) is 50.0 Å². The Morgan fingerprint density at radius 3 is 2.71 bits per heavy atom. The maximum Gasteiger partial charge on any atom is 0.251 e. The first-order chi connectivity index (χ1) is 9.79. The quantitative estimate of drug-likeness (QED) is 0.895. The highest BCUT2D eigenvalue weighted by Gasteiger charge is 2.23. The van der Waals surface area contributed by atoms with Gasteiger partial charge in [-0.05, 0) is 41.5 Å². The number of carbonyl (C=O) groups is 2. The van der Waals surface area contributed by atoms with E-state index < -0.39 is 0 Å². The summed E-state index contributed by atoms with van der Waals surface area (Å²) in [6.45, 7) is 9.28. The first-order valence-corrected chi connectivity index (χ1v) is 7.50. The van der Waals surface area contributed by atoms with E-state index in [9.17, 15) is 9.59 Å². The van der Waals surface area contributed by atoms with Crippen LogP contribution in [0.15, 0.2) is 18.2 Å². The Morgan fingerprint density at radius 1 is 1.33 bits per heavy atom. The molecule has 1 aliphatic heterocycles. The van der Waals surface area contributed by atoms with Crippen molar-refractivity contribution in [3.8, 4) is 0 Å². The lowest BCUT2D eigenvalue weighted by molar-refractivity contribution is -0.116. The Balaban J connectivity index is 2.05. The van der Waals surface area contributed by atoms with E-state index in [0.717, 1.165) is 11.3 Å². The molecule has 2 amide bonds. The molecule has 0 spiro atoms. The predicted octanol–water partition coefficient (Wildman–Crippen LogP) is 2.98. The zero-order valence-electron chi connectivity index (χ0n) is 13.2. The Bertz CT molecular complexity index is 562. The van der Waals surface area contributed by atoms with Crippen molar-refractivity contribution in [1.82, 2.24) is 5.32 Å². The Kier molecular flexibility index (Phi) is 4.35. The van der Waals surface area contributed by atoms with Gasteiger partial charge in [-0.15, -0.1) is 0 Å². The molecule has 0 atom stereocenters. The van der Waals surface area contributed by atoms with Gasteiger partial charge >= 0.3 is 0 Å². The average molecular weight is 288 g/mol. The molecule has 0 aromatic heterocycles. The van der Waals surface area contributed by atoms with Crippen LogP contribution in [0.3, 0.4) is 0 Å². The van der Waals surface area contributed by atoms with E-state index in [1.807, 2.05) is 12.1 Å². The molecule has 0 saturated heterocycles. The lowest BCUT2D eigenvalue weighted by atomic mass is 9.81. The second-order valence-electron chi connectivity index (χ2n) is 6.75. The summed E-state index contributed by atoms with van der Waals surface area (Å²) in [4.78, 5) is 23.6. The molecule has 0 unspecified atom stereocenters. The van der Waals surface area contributed by atoms with Crippen molar-refractivity contribution in [3.05, 3.63) is 29.3 Å². The Morgan fingerprint density at radius 2 is 2.05 bits per heavy atom. The Labute approximate surface area is 126 Å². The fourth-order valence-corrected chi connectivity index (χ4v) is 2.14. The second kappa shape index (κ2) is 5.88. The number of hydrogen-bond donors (Lipinski definition) is 2. The van der Waals surface area contributed by atoms with E-state index in [-0.39, 0.29) is 17.2 Å². The predicted molar refractivity (Wildman–Crippen MR) is 84.3 cm³/mol. The third-order valence-corrected chi connectivity index (χ3v) is 4.53. The number of fused-ring (bicyclic) bond motifs is 1. The van der Waals surface area contributed by atoms with Crippen LogP contribution in [-0.4, -0.2) is 18.4 Å². The molecule has 4 nitrogen and oxygen atoms in total. The van der Waals surface area contributed by atoms with Gasteiger partial charge in [-0.2, -0.15) is 0 Å². The maximum absolute atomic E-state index is 12.3. The zero-order valence-corrected chi connectivity index (χ0v) is 13.2. The summed E-state index contributed by atoms with van der Waals surface area (Å²) in [7, 11) is 0. The fraction of sp³-hybridized carbons (Fsp3) is 0.529. The summed E-state index contributed by atoms with van der Waals surface area (Å²) in [5.74, 6) is 0.485. The van der Waals surface area contributed by atoms with Crippen molar-refractivity contribution in [2.75, 3.05) is 11.9 Å². The highest BCUT2D eigenvalue weighted by Crippen LogP contribution is 2.26. The van der Waals surface area contributed by atoms with Crippen molar-refractivity contribution in [2.45, 2.75) is 40.5 Å². The number of hydrogen-bond acceptors (Lipinski definition) is 2. The largest absolute Gasteiger partial charge is 0.351 e. The van der Waals surface area contributed by atoms with E-state index in [2.05, 4.69) is 38.3 Å². The molecule has 0 fully saturated rings. The van der Waals surface area contributed by atoms with Crippen LogP contribution in [-0.2, 0) is 11.2 Å². The van der Waals surface area contributed by atoms with E-state index in [0.29, 0.717) is 30.9 Å². The number of aryl methyl sites for hydroxylation is 1. The summed E-state index contributed by atoms with van der Waals surface area (Å²) >= 11 is 0. The molecule has 2 N–H and O–H groups in total. The number of carbonyl (C=O) groups excluding carboxylic acids is 2. The van der Waals surface area contributed by atoms with Crippen molar-refractivity contribution in [3.63, 3.8) is 0 Å². The summed E-state index contributed by atoms with van der Waals surface area (Å²) in [5, 5.41) is 5.84. The van der Waals surface area contributed by atoms with Crippen LogP contribution in [0.2, 0.25) is 0 Å². The first kappa shape index (κ1) is 15.5. The van der Waals surface area contributed by atoms with Crippen LogP contribution < -0.4 is 10.6 Å². The van der Waals surface area contributed by atoms with Crippen molar-refractivity contribution in [2.24, 2.45) is 11.3 Å². The van der Waals surface area contributed by atoms with Crippen LogP contribution in [0, 0.1) is 11.3 Å². The highest BCUT2D eigenvalue weighted by atomic mass is 16.2. The molecule has 114 valence electrons. The van der Waals surface area contributed by atoms with E-state index in [1.165, 1.54) is 0 Å². The zero-order chi connectivity index (χ0) is 15.6. The minimum absolute atomic E-state index is 0.0402. The van der Waals surface area contributed by atoms with Gasteiger partial charge in [0, 0.05) is 24.2 Å². The number of amides is 2. The van der Waals surface area contributed by atoms with E-state index >= 15 is 0 Å². The van der Waals surface area contributed by atoms with Gasteiger partial charge in [-0.1, -0.05) is 27.7 Å². The van der Waals surface area contributed by atoms with E-state index in [4.69, 9.17) is 0 Å². The molecule has 1 aromatic rings. The highest BCUT2D eigenvalue weighted by molar-refractivity contribution is 5.97. The molecule has 2 rings (SSSR count). The monoisotopic (exact) mass is 288 g/mol. The van der Waals surface area contributed by atoms with Gasteiger partial charge < -0.3 is 10.6 Å². The molecule has 0 radical (unpaired) electrons. The lowest BCUT2D eigenvalue weighted by Crippen LogP contribution is -2.37. The minimum Gasteiger partial charge on any atom is -0.351 e. The SMILES string of the molecule is CC(C)C(C)(C)CNC(=O)c1ccc2c(c1)CCC(=O)N2. The van der Waals surface area contributed by atoms with Crippen LogP contribution in [0.4, 0.5) is 5.69 Å². The summed E-state index contributed by atoms with van der Waals surface area (Å²) in [5.41, 5.74) is 2.58. The van der Waals surface area contributed by atoms with Crippen molar-refractivity contribution < 1.29 is 9.59 Å². The molecular weight excluding hydrogens is 264 g/mol. The van der Waals surface area contributed by atoms with Gasteiger partial charge in [-0.3, -0.25) is 9.59 Å². The number of benzene rings is 1. The fourth-order valence-electron chi connectivity index (χ4n) is 2.14.